The van der Waals surface area contributed by atoms with Crippen molar-refractivity contribution in [3.63, 3.8) is 0 Å². The number of fused-ring (bicyclic) bond motifs is 2. The van der Waals surface area contributed by atoms with E-state index < -0.39 is 5.97 Å². The topological polar surface area (TPSA) is 85.3 Å². The lowest BCUT2D eigenvalue weighted by atomic mass is 10.0. The van der Waals surface area contributed by atoms with E-state index in [2.05, 4.69) is 9.99 Å². The van der Waals surface area contributed by atoms with Crippen molar-refractivity contribution < 1.29 is 18.9 Å². The van der Waals surface area contributed by atoms with E-state index in [0.717, 1.165) is 27.4 Å². The molecule has 0 aliphatic heterocycles. The highest BCUT2D eigenvalue weighted by Crippen LogP contribution is 2.26. The van der Waals surface area contributed by atoms with Crippen molar-refractivity contribution in [1.29, 1.82) is 0 Å². The van der Waals surface area contributed by atoms with Gasteiger partial charge in [-0.3, -0.25) is 10.2 Å². The summed E-state index contributed by atoms with van der Waals surface area (Å²) < 4.78 is 7.74. The fourth-order valence-corrected chi connectivity index (χ4v) is 3.52. The van der Waals surface area contributed by atoms with Crippen LogP contribution in [0.2, 0.25) is 0 Å². The highest BCUT2D eigenvalue weighted by molar-refractivity contribution is 6.13. The summed E-state index contributed by atoms with van der Waals surface area (Å²) in [5.41, 5.74) is 5.29. The van der Waals surface area contributed by atoms with Gasteiger partial charge in [0.05, 0.1) is 22.8 Å². The number of pyridine rings is 1. The second-order valence-corrected chi connectivity index (χ2v) is 6.75. The Bertz CT molecular complexity index is 1180. The van der Waals surface area contributed by atoms with Crippen LogP contribution < -0.4 is 20.6 Å². The maximum Gasteiger partial charge on any atom is 0.345 e. The molecule has 0 bridgehead atoms. The van der Waals surface area contributed by atoms with E-state index in [4.69, 9.17) is 10.6 Å². The molecule has 0 saturated heterocycles. The summed E-state index contributed by atoms with van der Waals surface area (Å²) in [5.74, 6) is 4.81. The number of nitrogens with one attached hydrogen (secondary N) is 1. The van der Waals surface area contributed by atoms with Gasteiger partial charge in [0, 0.05) is 12.1 Å². The van der Waals surface area contributed by atoms with Gasteiger partial charge in [-0.25, -0.2) is 10.6 Å². The number of hydrazine groups is 1. The third-order valence-corrected chi connectivity index (χ3v) is 4.93. The van der Waals surface area contributed by atoms with E-state index >= 15 is 0 Å². The number of aromatic nitrogens is 1. The molecule has 4 rings (SSSR count). The van der Waals surface area contributed by atoms with Gasteiger partial charge in [0.1, 0.15) is 12.8 Å². The molecule has 3 N–H and O–H groups in total. The van der Waals surface area contributed by atoms with Gasteiger partial charge in [-0.05, 0) is 29.8 Å². The zero-order valence-electron chi connectivity index (χ0n) is 15.9. The largest absolute Gasteiger partial charge is 0.423 e. The molecule has 0 fully saturated rings. The molecular weight excluding hydrogens is 366 g/mol. The van der Waals surface area contributed by atoms with Crippen molar-refractivity contribution in [1.82, 2.24) is 5.43 Å². The van der Waals surface area contributed by atoms with Crippen LogP contribution in [0.4, 0.5) is 0 Å². The minimum absolute atomic E-state index is 0.162. The van der Waals surface area contributed by atoms with Crippen molar-refractivity contribution in [2.75, 3.05) is 0 Å². The van der Waals surface area contributed by atoms with Crippen molar-refractivity contribution >= 4 is 33.7 Å². The van der Waals surface area contributed by atoms with Gasteiger partial charge in [-0.15, -0.1) is 0 Å². The second kappa shape index (κ2) is 7.69. The first-order chi connectivity index (χ1) is 14.1. The van der Waals surface area contributed by atoms with Crippen LogP contribution in [0.25, 0.3) is 21.8 Å². The van der Waals surface area contributed by atoms with Crippen molar-refractivity contribution in [3.05, 3.63) is 83.9 Å². The predicted octanol–water partition coefficient (Wildman–Crippen LogP) is 2.57. The molecule has 1 aromatic heterocycles. The highest BCUT2D eigenvalue weighted by atomic mass is 16.5. The molecule has 0 radical (unpaired) electrons. The van der Waals surface area contributed by atoms with Gasteiger partial charge in [-0.2, -0.15) is 4.57 Å². The first-order valence-electron chi connectivity index (χ1n) is 9.18. The molecule has 3 aromatic carbocycles. The van der Waals surface area contributed by atoms with Crippen LogP contribution in [0.15, 0.2) is 72.8 Å². The number of nitrogens with two attached hydrogens (primary N) is 1. The van der Waals surface area contributed by atoms with Crippen molar-refractivity contribution in [3.8, 4) is 5.75 Å². The van der Waals surface area contributed by atoms with E-state index in [9.17, 15) is 9.59 Å². The molecule has 0 spiro atoms. The fraction of sp³-hybridized carbons (Fsp3) is 0.0870. The lowest BCUT2D eigenvalue weighted by molar-refractivity contribution is -0.617. The van der Waals surface area contributed by atoms with Gasteiger partial charge in [0.25, 0.3) is 0 Å². The van der Waals surface area contributed by atoms with E-state index in [1.54, 1.807) is 24.3 Å². The first kappa shape index (κ1) is 18.6. The Hall–Kier alpha value is -3.77. The maximum atomic E-state index is 13.2. The Morgan fingerprint density at radius 3 is 2.00 bits per heavy atom. The SMILES string of the molecule is C[n+]1c2ccccc2c(C(=O)Oc2ccc(CC(=O)NN)cc2)c2ccccc21. The van der Waals surface area contributed by atoms with Gasteiger partial charge in [0.15, 0.2) is 0 Å². The summed E-state index contributed by atoms with van der Waals surface area (Å²) in [5, 5.41) is 1.66. The summed E-state index contributed by atoms with van der Waals surface area (Å²) in [6, 6.07) is 22.3. The van der Waals surface area contributed by atoms with E-state index in [1.807, 2.05) is 55.6 Å². The molecule has 0 atom stereocenters. The summed E-state index contributed by atoms with van der Waals surface area (Å²) in [7, 11) is 1.98. The first-order valence-corrected chi connectivity index (χ1v) is 9.18. The Balaban J connectivity index is 1.73. The van der Waals surface area contributed by atoms with Crippen LogP contribution in [0.1, 0.15) is 15.9 Å². The van der Waals surface area contributed by atoms with E-state index in [-0.39, 0.29) is 12.3 Å². The standard InChI is InChI=1S/C23H19N3O3/c1-26-19-8-4-2-6-17(19)22(18-7-3-5-9-20(18)26)23(28)29-16-12-10-15(11-13-16)14-21(27)25-24/h2-13,24,28H,14H2,1H3/p+1. The molecule has 0 unspecified atom stereocenters. The summed E-state index contributed by atoms with van der Waals surface area (Å²) in [4.78, 5) is 24.5. The average molecular weight is 386 g/mol. The quantitative estimate of drug-likeness (QED) is 0.107. The monoisotopic (exact) mass is 386 g/mol. The summed E-state index contributed by atoms with van der Waals surface area (Å²) in [6.07, 6.45) is 0.162. The number of para-hydroxylation sites is 2. The number of ether oxygens (including phenoxy) is 1. The second-order valence-electron chi connectivity index (χ2n) is 6.75. The van der Waals surface area contributed by atoms with Gasteiger partial charge < -0.3 is 4.74 Å². The number of amides is 1. The number of hydrogen-bond acceptors (Lipinski definition) is 4. The minimum Gasteiger partial charge on any atom is -0.423 e. The molecule has 144 valence electrons. The number of hydrogen-bond donors (Lipinski definition) is 2. The van der Waals surface area contributed by atoms with Gasteiger partial charge >= 0.3 is 5.97 Å². The summed E-state index contributed by atoms with van der Waals surface area (Å²) >= 11 is 0. The fourth-order valence-electron chi connectivity index (χ4n) is 3.52. The molecular formula is C23H20N3O3+. The normalized spacial score (nSPS) is 10.8. The lowest BCUT2D eigenvalue weighted by Gasteiger charge is -2.10. The number of aryl methyl sites for hydroxylation is 1. The van der Waals surface area contributed by atoms with Crippen molar-refractivity contribution in [2.45, 2.75) is 6.42 Å². The number of carbonyl (C=O) groups excluding carboxylic acids is 2. The molecule has 1 amide bonds. The smallest absolute Gasteiger partial charge is 0.345 e. The van der Waals surface area contributed by atoms with E-state index in [1.165, 1.54) is 0 Å². The molecule has 0 aliphatic carbocycles. The minimum atomic E-state index is -0.426. The van der Waals surface area contributed by atoms with E-state index in [0.29, 0.717) is 11.3 Å². The third-order valence-electron chi connectivity index (χ3n) is 4.93. The van der Waals surface area contributed by atoms with Gasteiger partial charge in [0.2, 0.25) is 16.9 Å². The van der Waals surface area contributed by atoms with Crippen LogP contribution >= 0.6 is 0 Å². The zero-order chi connectivity index (χ0) is 20.4. The molecule has 0 saturated carbocycles. The maximum absolute atomic E-state index is 13.2. The van der Waals surface area contributed by atoms with Crippen molar-refractivity contribution in [2.24, 2.45) is 12.9 Å². The number of benzene rings is 3. The molecule has 6 nitrogen and oxygen atoms in total. The highest BCUT2D eigenvalue weighted by Gasteiger charge is 2.23. The molecule has 1 heterocycles. The molecule has 29 heavy (non-hydrogen) atoms. The molecule has 6 heteroatoms. The number of nitrogens with zero attached hydrogens (tertiary/aromatic N) is 1. The van der Waals surface area contributed by atoms with Crippen LogP contribution in [-0.2, 0) is 18.3 Å². The Kier molecular flexibility index (Phi) is 4.93. The lowest BCUT2D eigenvalue weighted by Crippen LogP contribution is -2.31. The van der Waals surface area contributed by atoms with Crippen LogP contribution in [0.5, 0.6) is 5.75 Å². The van der Waals surface area contributed by atoms with Crippen LogP contribution in [0, 0.1) is 0 Å². The average Bonchev–Trinajstić information content (AvgIpc) is 2.75. The third kappa shape index (κ3) is 3.53. The molecule has 0 aliphatic rings. The summed E-state index contributed by atoms with van der Waals surface area (Å²) in [6.45, 7) is 0. The van der Waals surface area contributed by atoms with Crippen LogP contribution in [-0.4, -0.2) is 11.9 Å². The predicted molar refractivity (Wildman–Crippen MR) is 110 cm³/mol. The Labute approximate surface area is 167 Å². The Morgan fingerprint density at radius 2 is 1.45 bits per heavy atom. The van der Waals surface area contributed by atoms with Crippen LogP contribution in [0.3, 0.4) is 0 Å². The van der Waals surface area contributed by atoms with Gasteiger partial charge in [-0.1, -0.05) is 36.4 Å². The Morgan fingerprint density at radius 1 is 0.897 bits per heavy atom. The zero-order valence-corrected chi connectivity index (χ0v) is 15.9. The number of esters is 1. The number of carbonyl (C=O) groups is 2. The molecule has 4 aromatic rings. The number of rotatable bonds is 4.